The van der Waals surface area contributed by atoms with Crippen molar-refractivity contribution in [3.63, 3.8) is 0 Å². The zero-order chi connectivity index (χ0) is 25.7. The summed E-state index contributed by atoms with van der Waals surface area (Å²) in [6, 6.07) is 11.0. The van der Waals surface area contributed by atoms with Gasteiger partial charge in [-0.1, -0.05) is 12.6 Å². The molecule has 2 heterocycles. The SMILES string of the molecule is C=CC(=O)Nc1cccc(Nc2ncnc(Nc3ccc(N4CCN(C)CC4)c(C(F)(F)F)c3)n2)c1. The Morgan fingerprint density at radius 2 is 1.61 bits per heavy atom. The molecular formula is C24H25F3N8O. The fraction of sp³-hybridized carbons (Fsp3) is 0.250. The highest BCUT2D eigenvalue weighted by molar-refractivity contribution is 5.99. The number of carbonyl (C=O) groups excluding carboxylic acids is 1. The summed E-state index contributed by atoms with van der Waals surface area (Å²) in [4.78, 5) is 27.7. The molecule has 2 aromatic carbocycles. The molecule has 1 aliphatic heterocycles. The summed E-state index contributed by atoms with van der Waals surface area (Å²) in [6.45, 7) is 5.85. The zero-order valence-corrected chi connectivity index (χ0v) is 19.5. The highest BCUT2D eigenvalue weighted by atomic mass is 19.4. The molecule has 1 aliphatic rings. The minimum Gasteiger partial charge on any atom is -0.368 e. The van der Waals surface area contributed by atoms with Crippen LogP contribution in [0.4, 0.5) is 47.8 Å². The largest absolute Gasteiger partial charge is 0.418 e. The van der Waals surface area contributed by atoms with Crippen LogP contribution < -0.4 is 20.9 Å². The lowest BCUT2D eigenvalue weighted by Gasteiger charge is -2.35. The van der Waals surface area contributed by atoms with Crippen LogP contribution in [0.25, 0.3) is 0 Å². The van der Waals surface area contributed by atoms with Gasteiger partial charge in [-0.3, -0.25) is 4.79 Å². The van der Waals surface area contributed by atoms with E-state index < -0.39 is 11.7 Å². The molecule has 3 N–H and O–H groups in total. The lowest BCUT2D eigenvalue weighted by Crippen LogP contribution is -2.45. The fourth-order valence-corrected chi connectivity index (χ4v) is 3.71. The first kappa shape index (κ1) is 24.9. The van der Waals surface area contributed by atoms with Crippen molar-refractivity contribution in [2.75, 3.05) is 54.1 Å². The topological polar surface area (TPSA) is 98.3 Å². The Bertz CT molecular complexity index is 1240. The van der Waals surface area contributed by atoms with Gasteiger partial charge >= 0.3 is 6.18 Å². The number of aromatic nitrogens is 3. The highest BCUT2D eigenvalue weighted by Crippen LogP contribution is 2.39. The van der Waals surface area contributed by atoms with Crippen LogP contribution in [-0.4, -0.2) is 59.0 Å². The molecule has 0 radical (unpaired) electrons. The maximum atomic E-state index is 13.9. The summed E-state index contributed by atoms with van der Waals surface area (Å²) in [5.74, 6) is -0.107. The van der Waals surface area contributed by atoms with E-state index in [2.05, 4.69) is 42.4 Å². The van der Waals surface area contributed by atoms with Crippen molar-refractivity contribution in [2.24, 2.45) is 0 Å². The normalized spacial score (nSPS) is 14.3. The average molecular weight is 499 g/mol. The van der Waals surface area contributed by atoms with E-state index in [1.54, 1.807) is 35.2 Å². The molecule has 0 saturated carbocycles. The third kappa shape index (κ3) is 6.27. The van der Waals surface area contributed by atoms with Crippen molar-refractivity contribution >= 4 is 40.6 Å². The van der Waals surface area contributed by atoms with E-state index in [9.17, 15) is 18.0 Å². The molecule has 3 aromatic rings. The average Bonchev–Trinajstić information content (AvgIpc) is 2.84. The molecule has 0 bridgehead atoms. The van der Waals surface area contributed by atoms with Gasteiger partial charge in [0, 0.05) is 48.9 Å². The molecule has 0 aliphatic carbocycles. The van der Waals surface area contributed by atoms with E-state index in [0.717, 1.165) is 12.1 Å². The van der Waals surface area contributed by atoms with Crippen molar-refractivity contribution in [1.29, 1.82) is 0 Å². The number of likely N-dealkylation sites (N-methyl/N-ethyl adjacent to an activating group) is 1. The Morgan fingerprint density at radius 1 is 0.972 bits per heavy atom. The second kappa shape index (κ2) is 10.6. The van der Waals surface area contributed by atoms with E-state index in [4.69, 9.17) is 0 Å². The fourth-order valence-electron chi connectivity index (χ4n) is 3.71. The molecule has 4 rings (SSSR count). The smallest absolute Gasteiger partial charge is 0.368 e. The van der Waals surface area contributed by atoms with Crippen molar-refractivity contribution in [1.82, 2.24) is 19.9 Å². The highest BCUT2D eigenvalue weighted by Gasteiger charge is 2.35. The molecule has 1 saturated heterocycles. The van der Waals surface area contributed by atoms with Gasteiger partial charge in [-0.25, -0.2) is 9.97 Å². The van der Waals surface area contributed by atoms with Crippen LogP contribution >= 0.6 is 0 Å². The van der Waals surface area contributed by atoms with Crippen LogP contribution in [0.15, 0.2) is 61.4 Å². The lowest BCUT2D eigenvalue weighted by atomic mass is 10.1. The number of hydrogen-bond acceptors (Lipinski definition) is 8. The molecule has 36 heavy (non-hydrogen) atoms. The number of nitrogens with zero attached hydrogens (tertiary/aromatic N) is 5. The summed E-state index contributed by atoms with van der Waals surface area (Å²) in [7, 11) is 1.95. The zero-order valence-electron chi connectivity index (χ0n) is 19.5. The minimum absolute atomic E-state index is 0.0732. The van der Waals surface area contributed by atoms with Gasteiger partial charge in [0.25, 0.3) is 0 Å². The Balaban J connectivity index is 1.51. The minimum atomic E-state index is -4.52. The first-order chi connectivity index (χ1) is 17.2. The third-order valence-corrected chi connectivity index (χ3v) is 5.55. The van der Waals surface area contributed by atoms with Crippen LogP contribution in [0.1, 0.15) is 5.56 Å². The predicted molar refractivity (Wildman–Crippen MR) is 133 cm³/mol. The Morgan fingerprint density at radius 3 is 2.25 bits per heavy atom. The van der Waals surface area contributed by atoms with Gasteiger partial charge in [-0.05, 0) is 49.5 Å². The van der Waals surface area contributed by atoms with Crippen LogP contribution in [0.3, 0.4) is 0 Å². The summed E-state index contributed by atoms with van der Waals surface area (Å²) in [6.07, 6.45) is -2.12. The van der Waals surface area contributed by atoms with Crippen molar-refractivity contribution < 1.29 is 18.0 Å². The van der Waals surface area contributed by atoms with Crippen molar-refractivity contribution in [2.45, 2.75) is 6.18 Å². The Hall–Kier alpha value is -4.19. The Labute approximate surface area is 206 Å². The monoisotopic (exact) mass is 498 g/mol. The van der Waals surface area contributed by atoms with Gasteiger partial charge in [0.05, 0.1) is 5.56 Å². The summed E-state index contributed by atoms with van der Waals surface area (Å²) < 4.78 is 41.7. The number of anilines is 6. The number of carbonyl (C=O) groups is 1. The molecular weight excluding hydrogens is 473 g/mol. The van der Waals surface area contributed by atoms with Crippen LogP contribution in [0.5, 0.6) is 0 Å². The lowest BCUT2D eigenvalue weighted by molar-refractivity contribution is -0.137. The second-order valence-corrected chi connectivity index (χ2v) is 8.18. The number of alkyl halides is 3. The predicted octanol–water partition coefficient (Wildman–Crippen LogP) is 4.25. The third-order valence-electron chi connectivity index (χ3n) is 5.55. The molecule has 0 spiro atoms. The van der Waals surface area contributed by atoms with Crippen LogP contribution in [0.2, 0.25) is 0 Å². The maximum absolute atomic E-state index is 13.9. The summed E-state index contributed by atoms with van der Waals surface area (Å²) >= 11 is 0. The standard InChI is InChI=1S/C24H25F3N8O/c1-3-21(36)30-16-5-4-6-17(13-16)31-22-28-15-29-23(33-22)32-18-7-8-20(19(14-18)24(25,26)27)35-11-9-34(2)10-12-35/h3-8,13-15H,1,9-12H2,2H3,(H,30,36)(H2,28,29,31,32,33). The molecule has 0 unspecified atom stereocenters. The molecule has 188 valence electrons. The van der Waals surface area contributed by atoms with Crippen LogP contribution in [0, 0.1) is 0 Å². The summed E-state index contributed by atoms with van der Waals surface area (Å²) in [5.41, 5.74) is 0.763. The molecule has 0 atom stereocenters. The number of piperazine rings is 1. The van der Waals surface area contributed by atoms with Gasteiger partial charge in [0.15, 0.2) is 0 Å². The molecule has 1 amide bonds. The second-order valence-electron chi connectivity index (χ2n) is 8.18. The maximum Gasteiger partial charge on any atom is 0.418 e. The van der Waals surface area contributed by atoms with E-state index in [1.165, 1.54) is 12.4 Å². The first-order valence-corrected chi connectivity index (χ1v) is 11.1. The Kier molecular flexibility index (Phi) is 7.34. The van der Waals surface area contributed by atoms with E-state index in [-0.39, 0.29) is 29.2 Å². The molecule has 1 aromatic heterocycles. The van der Waals surface area contributed by atoms with Gasteiger partial charge in [-0.15, -0.1) is 0 Å². The number of hydrogen-bond donors (Lipinski definition) is 3. The van der Waals surface area contributed by atoms with E-state index in [1.807, 2.05) is 7.05 Å². The first-order valence-electron chi connectivity index (χ1n) is 11.1. The van der Waals surface area contributed by atoms with E-state index >= 15 is 0 Å². The number of benzene rings is 2. The number of halogens is 3. The van der Waals surface area contributed by atoms with Crippen molar-refractivity contribution in [3.05, 3.63) is 67.0 Å². The molecule has 1 fully saturated rings. The van der Waals surface area contributed by atoms with Gasteiger partial charge in [-0.2, -0.15) is 18.2 Å². The van der Waals surface area contributed by atoms with E-state index in [0.29, 0.717) is 37.6 Å². The quantitative estimate of drug-likeness (QED) is 0.416. The number of rotatable bonds is 7. The van der Waals surface area contributed by atoms with Gasteiger partial charge in [0.2, 0.25) is 17.8 Å². The van der Waals surface area contributed by atoms with Crippen LogP contribution in [-0.2, 0) is 11.0 Å². The van der Waals surface area contributed by atoms with Crippen molar-refractivity contribution in [3.8, 4) is 0 Å². The molecule has 9 nitrogen and oxygen atoms in total. The van der Waals surface area contributed by atoms with Gasteiger partial charge in [0.1, 0.15) is 6.33 Å². The summed E-state index contributed by atoms with van der Waals surface area (Å²) in [5, 5.41) is 8.46. The molecule has 12 heteroatoms. The van der Waals surface area contributed by atoms with Gasteiger partial charge < -0.3 is 25.8 Å². The number of amides is 1. The number of nitrogens with one attached hydrogen (secondary N) is 3.